The molecule has 0 heterocycles. The van der Waals surface area contributed by atoms with E-state index in [1.54, 1.807) is 19.3 Å². The van der Waals surface area contributed by atoms with E-state index in [4.69, 9.17) is 0 Å². The molecule has 0 aromatic carbocycles. The fourth-order valence-corrected chi connectivity index (χ4v) is 4.89. The molecule has 1 N–H and O–H groups in total. The van der Waals surface area contributed by atoms with Crippen LogP contribution in [-0.4, -0.2) is 12.1 Å². The molecule has 0 bridgehead atoms. The fourth-order valence-electron chi connectivity index (χ4n) is 4.89. The summed E-state index contributed by atoms with van der Waals surface area (Å²) in [6, 6.07) is 0. The summed E-state index contributed by atoms with van der Waals surface area (Å²) >= 11 is 0. The molecule has 110 valence electrons. The van der Waals surface area contributed by atoms with Gasteiger partial charge in [0.1, 0.15) is 0 Å². The highest BCUT2D eigenvalue weighted by molar-refractivity contribution is 5.07. The quantitative estimate of drug-likeness (QED) is 0.724. The van der Waals surface area contributed by atoms with Gasteiger partial charge >= 0.3 is 0 Å². The smallest absolute Gasteiger partial charge is 0.00967 e. The van der Waals surface area contributed by atoms with E-state index in [2.05, 4.69) is 26.1 Å². The summed E-state index contributed by atoms with van der Waals surface area (Å²) in [6.07, 6.45) is 13.7. The molecular formula is C18H33N. The Kier molecular flexibility index (Phi) is 3.71. The first-order valence-corrected chi connectivity index (χ1v) is 8.74. The SMILES string of the molecule is CC(C)(C)NCC1(C2CCCCCC2)CC2CC2C1. The van der Waals surface area contributed by atoms with Crippen molar-refractivity contribution in [3.8, 4) is 0 Å². The van der Waals surface area contributed by atoms with Crippen LogP contribution >= 0.6 is 0 Å². The van der Waals surface area contributed by atoms with Gasteiger partial charge in [-0.15, -0.1) is 0 Å². The van der Waals surface area contributed by atoms with Crippen molar-refractivity contribution in [3.05, 3.63) is 0 Å². The summed E-state index contributed by atoms with van der Waals surface area (Å²) in [6.45, 7) is 8.25. The van der Waals surface area contributed by atoms with Crippen LogP contribution in [0.1, 0.15) is 78.6 Å². The van der Waals surface area contributed by atoms with Crippen molar-refractivity contribution in [3.63, 3.8) is 0 Å². The molecular weight excluding hydrogens is 230 g/mol. The molecule has 3 aliphatic rings. The lowest BCUT2D eigenvalue weighted by Crippen LogP contribution is -2.46. The normalized spacial score (nSPS) is 39.9. The van der Waals surface area contributed by atoms with Crippen LogP contribution in [0.25, 0.3) is 0 Å². The van der Waals surface area contributed by atoms with E-state index in [0.717, 1.165) is 17.8 Å². The van der Waals surface area contributed by atoms with Crippen LogP contribution in [0.4, 0.5) is 0 Å². The molecule has 1 heteroatoms. The number of fused-ring (bicyclic) bond motifs is 1. The zero-order chi connectivity index (χ0) is 13.5. The molecule has 19 heavy (non-hydrogen) atoms. The van der Waals surface area contributed by atoms with Crippen LogP contribution in [-0.2, 0) is 0 Å². The first-order chi connectivity index (χ1) is 8.99. The van der Waals surface area contributed by atoms with Crippen molar-refractivity contribution in [1.29, 1.82) is 0 Å². The van der Waals surface area contributed by atoms with Crippen LogP contribution in [0.3, 0.4) is 0 Å². The lowest BCUT2D eigenvalue weighted by atomic mass is 9.68. The third-order valence-corrected chi connectivity index (χ3v) is 6.10. The highest BCUT2D eigenvalue weighted by Crippen LogP contribution is 2.63. The number of rotatable bonds is 3. The minimum atomic E-state index is 0.282. The number of hydrogen-bond donors (Lipinski definition) is 1. The number of hydrogen-bond acceptors (Lipinski definition) is 1. The van der Waals surface area contributed by atoms with Gasteiger partial charge in [-0.05, 0) is 76.0 Å². The number of nitrogens with one attached hydrogen (secondary N) is 1. The highest BCUT2D eigenvalue weighted by Gasteiger charge is 2.56. The van der Waals surface area contributed by atoms with Crippen molar-refractivity contribution >= 4 is 0 Å². The lowest BCUT2D eigenvalue weighted by Gasteiger charge is -2.41. The van der Waals surface area contributed by atoms with Crippen molar-refractivity contribution < 1.29 is 0 Å². The Hall–Kier alpha value is -0.0400. The molecule has 0 radical (unpaired) electrons. The van der Waals surface area contributed by atoms with E-state index < -0.39 is 0 Å². The van der Waals surface area contributed by atoms with E-state index in [0.29, 0.717) is 5.41 Å². The Morgan fingerprint density at radius 2 is 1.53 bits per heavy atom. The molecule has 2 atom stereocenters. The van der Waals surface area contributed by atoms with Gasteiger partial charge in [-0.1, -0.05) is 25.7 Å². The average molecular weight is 263 g/mol. The summed E-state index contributed by atoms with van der Waals surface area (Å²) in [4.78, 5) is 0. The minimum Gasteiger partial charge on any atom is -0.312 e. The van der Waals surface area contributed by atoms with Crippen LogP contribution in [0.5, 0.6) is 0 Å². The molecule has 3 aliphatic carbocycles. The Bertz CT molecular complexity index is 296. The van der Waals surface area contributed by atoms with Gasteiger partial charge in [0.2, 0.25) is 0 Å². The van der Waals surface area contributed by atoms with Gasteiger partial charge in [0.25, 0.3) is 0 Å². The molecule has 0 aliphatic heterocycles. The first-order valence-electron chi connectivity index (χ1n) is 8.74. The van der Waals surface area contributed by atoms with E-state index in [1.807, 2.05) is 0 Å². The molecule has 1 nitrogen and oxygen atoms in total. The van der Waals surface area contributed by atoms with Crippen molar-refractivity contribution in [2.24, 2.45) is 23.2 Å². The maximum Gasteiger partial charge on any atom is 0.00967 e. The second-order valence-electron chi connectivity index (χ2n) is 8.82. The molecule has 0 aromatic rings. The second kappa shape index (κ2) is 5.06. The highest BCUT2D eigenvalue weighted by atomic mass is 15.0. The van der Waals surface area contributed by atoms with Crippen LogP contribution in [0.2, 0.25) is 0 Å². The molecule has 3 saturated carbocycles. The third kappa shape index (κ3) is 3.17. The van der Waals surface area contributed by atoms with Crippen molar-refractivity contribution in [1.82, 2.24) is 5.32 Å². The van der Waals surface area contributed by atoms with Gasteiger partial charge in [0, 0.05) is 12.1 Å². The Labute approximate surface area is 119 Å². The molecule has 0 spiro atoms. The Morgan fingerprint density at radius 3 is 2.05 bits per heavy atom. The largest absolute Gasteiger partial charge is 0.312 e. The van der Waals surface area contributed by atoms with Gasteiger partial charge in [-0.25, -0.2) is 0 Å². The Balaban J connectivity index is 1.69. The monoisotopic (exact) mass is 263 g/mol. The maximum absolute atomic E-state index is 3.86. The van der Waals surface area contributed by atoms with Gasteiger partial charge in [-0.2, -0.15) is 0 Å². The Morgan fingerprint density at radius 1 is 0.947 bits per heavy atom. The van der Waals surface area contributed by atoms with Crippen LogP contribution < -0.4 is 5.32 Å². The molecule has 0 aromatic heterocycles. The van der Waals surface area contributed by atoms with Crippen LogP contribution in [0.15, 0.2) is 0 Å². The van der Waals surface area contributed by atoms with Crippen molar-refractivity contribution in [2.45, 2.75) is 84.1 Å². The average Bonchev–Trinajstić information content (AvgIpc) is 3.04. The maximum atomic E-state index is 3.86. The molecule has 3 fully saturated rings. The second-order valence-corrected chi connectivity index (χ2v) is 8.82. The third-order valence-electron chi connectivity index (χ3n) is 6.10. The van der Waals surface area contributed by atoms with Crippen molar-refractivity contribution in [2.75, 3.05) is 6.54 Å². The standard InChI is InChI=1S/C18H33N/c1-17(2,3)19-13-18(11-14-10-15(14)12-18)16-8-6-4-5-7-9-16/h14-16,19H,4-13H2,1-3H3. The van der Waals surface area contributed by atoms with Crippen LogP contribution in [0, 0.1) is 23.2 Å². The molecule has 3 rings (SSSR count). The van der Waals surface area contributed by atoms with E-state index in [1.165, 1.54) is 45.1 Å². The summed E-state index contributed by atoms with van der Waals surface area (Å²) < 4.78 is 0. The molecule has 0 saturated heterocycles. The van der Waals surface area contributed by atoms with Gasteiger partial charge < -0.3 is 5.32 Å². The molecule has 0 amide bonds. The zero-order valence-corrected chi connectivity index (χ0v) is 13.3. The van der Waals surface area contributed by atoms with Gasteiger partial charge in [-0.3, -0.25) is 0 Å². The van der Waals surface area contributed by atoms with E-state index >= 15 is 0 Å². The predicted octanol–water partition coefficient (Wildman–Crippen LogP) is 4.76. The molecule has 2 unspecified atom stereocenters. The zero-order valence-electron chi connectivity index (χ0n) is 13.3. The van der Waals surface area contributed by atoms with Gasteiger partial charge in [0.05, 0.1) is 0 Å². The summed E-state index contributed by atoms with van der Waals surface area (Å²) in [5.41, 5.74) is 0.954. The van der Waals surface area contributed by atoms with Gasteiger partial charge in [0.15, 0.2) is 0 Å². The first kappa shape index (κ1) is 13.9. The summed E-state index contributed by atoms with van der Waals surface area (Å²) in [5.74, 6) is 3.26. The predicted molar refractivity (Wildman–Crippen MR) is 82.2 cm³/mol. The van der Waals surface area contributed by atoms with E-state index in [-0.39, 0.29) is 5.54 Å². The summed E-state index contributed by atoms with van der Waals surface area (Å²) in [7, 11) is 0. The summed E-state index contributed by atoms with van der Waals surface area (Å²) in [5, 5.41) is 3.86. The lowest BCUT2D eigenvalue weighted by molar-refractivity contribution is 0.114. The topological polar surface area (TPSA) is 12.0 Å². The van der Waals surface area contributed by atoms with E-state index in [9.17, 15) is 0 Å². The fraction of sp³-hybridized carbons (Fsp3) is 1.00. The minimum absolute atomic E-state index is 0.282.